The molecule has 0 saturated carbocycles. The van der Waals surface area contributed by atoms with Crippen LogP contribution < -0.4 is 4.74 Å². The Morgan fingerprint density at radius 3 is 2.88 bits per heavy atom. The lowest BCUT2D eigenvalue weighted by molar-refractivity contribution is 0.151. The van der Waals surface area contributed by atoms with Gasteiger partial charge in [0.15, 0.2) is 0 Å². The molecule has 0 aliphatic carbocycles. The molecule has 1 aromatic carbocycles. The van der Waals surface area contributed by atoms with Crippen LogP contribution in [-0.2, 0) is 0 Å². The molecule has 0 spiro atoms. The van der Waals surface area contributed by atoms with E-state index in [2.05, 4.69) is 22.5 Å². The highest BCUT2D eigenvalue weighted by Gasteiger charge is 2.18. The molecule has 0 radical (unpaired) electrons. The first-order valence-corrected chi connectivity index (χ1v) is 6.02. The number of benzene rings is 1. The Morgan fingerprint density at radius 1 is 1.56 bits per heavy atom. The van der Waals surface area contributed by atoms with E-state index in [4.69, 9.17) is 4.74 Å². The first-order valence-electron chi connectivity index (χ1n) is 5.22. The zero-order chi connectivity index (χ0) is 12.0. The summed E-state index contributed by atoms with van der Waals surface area (Å²) in [6.45, 7) is 6.35. The Kier molecular flexibility index (Phi) is 5.03. The van der Waals surface area contributed by atoms with Gasteiger partial charge in [0.2, 0.25) is 0 Å². The van der Waals surface area contributed by atoms with Crippen molar-refractivity contribution in [3.63, 3.8) is 0 Å². The summed E-state index contributed by atoms with van der Waals surface area (Å²) >= 11 is 3.38. The summed E-state index contributed by atoms with van der Waals surface area (Å²) in [7, 11) is 0. The molecular weight excluding hydrogens is 268 g/mol. The molecule has 3 heteroatoms. The van der Waals surface area contributed by atoms with Crippen molar-refractivity contribution in [2.75, 3.05) is 13.2 Å². The summed E-state index contributed by atoms with van der Waals surface area (Å²) < 4.78 is 6.60. The molecule has 0 heterocycles. The average molecular weight is 285 g/mol. The minimum atomic E-state index is -0.258. The Labute approximate surface area is 105 Å². The van der Waals surface area contributed by atoms with E-state index in [0.717, 1.165) is 16.6 Å². The lowest BCUT2D eigenvalue weighted by atomic mass is 9.88. The highest BCUT2D eigenvalue weighted by Crippen LogP contribution is 2.23. The van der Waals surface area contributed by atoms with E-state index in [1.165, 1.54) is 0 Å². The summed E-state index contributed by atoms with van der Waals surface area (Å²) in [4.78, 5) is 0. The molecule has 0 saturated heterocycles. The molecule has 1 rings (SSSR count). The average Bonchev–Trinajstić information content (AvgIpc) is 2.29. The first-order chi connectivity index (χ1) is 7.59. The van der Waals surface area contributed by atoms with E-state index in [0.29, 0.717) is 6.61 Å². The summed E-state index contributed by atoms with van der Waals surface area (Å²) in [5.41, 5.74) is -0.258. The van der Waals surface area contributed by atoms with E-state index in [-0.39, 0.29) is 12.0 Å². The highest BCUT2D eigenvalue weighted by molar-refractivity contribution is 9.10. The molecule has 88 valence electrons. The van der Waals surface area contributed by atoms with Crippen molar-refractivity contribution in [3.05, 3.63) is 41.4 Å². The van der Waals surface area contributed by atoms with Crippen molar-refractivity contribution >= 4 is 15.9 Å². The Balaban J connectivity index is 2.44. The third-order valence-electron chi connectivity index (χ3n) is 2.59. The fraction of sp³-hybridized carbons (Fsp3) is 0.385. The van der Waals surface area contributed by atoms with Crippen molar-refractivity contribution in [1.82, 2.24) is 0 Å². The number of aliphatic hydroxyl groups excluding tert-OH is 1. The fourth-order valence-corrected chi connectivity index (χ4v) is 1.58. The number of halogens is 1. The van der Waals surface area contributed by atoms with Gasteiger partial charge in [-0.15, -0.1) is 6.58 Å². The van der Waals surface area contributed by atoms with Crippen LogP contribution in [0.2, 0.25) is 0 Å². The summed E-state index contributed by atoms with van der Waals surface area (Å²) in [5.74, 6) is 0.832. The third kappa shape index (κ3) is 3.99. The van der Waals surface area contributed by atoms with Gasteiger partial charge in [0.25, 0.3) is 0 Å². The van der Waals surface area contributed by atoms with E-state index in [1.807, 2.05) is 31.2 Å². The molecular formula is C13H17BrO2. The largest absolute Gasteiger partial charge is 0.494 e. The zero-order valence-electron chi connectivity index (χ0n) is 9.45. The number of hydrogen-bond acceptors (Lipinski definition) is 2. The molecule has 0 aliphatic heterocycles. The molecule has 2 nitrogen and oxygen atoms in total. The van der Waals surface area contributed by atoms with Crippen LogP contribution in [0.25, 0.3) is 0 Å². The lowest BCUT2D eigenvalue weighted by Gasteiger charge is -2.22. The van der Waals surface area contributed by atoms with Crippen LogP contribution in [0.5, 0.6) is 5.75 Å². The second-order valence-corrected chi connectivity index (χ2v) is 4.99. The summed E-state index contributed by atoms with van der Waals surface area (Å²) in [5, 5.41) is 9.19. The van der Waals surface area contributed by atoms with Gasteiger partial charge in [-0.3, -0.25) is 0 Å². The molecule has 0 fully saturated rings. The normalized spacial score (nSPS) is 14.2. The van der Waals surface area contributed by atoms with Gasteiger partial charge in [0, 0.05) is 9.89 Å². The van der Waals surface area contributed by atoms with Gasteiger partial charge in [-0.25, -0.2) is 0 Å². The highest BCUT2D eigenvalue weighted by atomic mass is 79.9. The monoisotopic (exact) mass is 284 g/mol. The number of hydrogen-bond donors (Lipinski definition) is 1. The van der Waals surface area contributed by atoms with Crippen LogP contribution in [0.3, 0.4) is 0 Å². The topological polar surface area (TPSA) is 29.5 Å². The lowest BCUT2D eigenvalue weighted by Crippen LogP contribution is -2.21. The molecule has 1 N–H and O–H groups in total. The van der Waals surface area contributed by atoms with Gasteiger partial charge in [-0.1, -0.05) is 35.0 Å². The van der Waals surface area contributed by atoms with E-state index < -0.39 is 0 Å². The van der Waals surface area contributed by atoms with Crippen LogP contribution in [0.4, 0.5) is 0 Å². The van der Waals surface area contributed by atoms with Gasteiger partial charge in [0.05, 0.1) is 13.2 Å². The second-order valence-electron chi connectivity index (χ2n) is 4.07. The second kappa shape index (κ2) is 6.06. The Morgan fingerprint density at radius 2 is 2.31 bits per heavy atom. The van der Waals surface area contributed by atoms with Crippen LogP contribution in [-0.4, -0.2) is 18.3 Å². The zero-order valence-corrected chi connectivity index (χ0v) is 11.0. The maximum absolute atomic E-state index is 9.19. The van der Waals surface area contributed by atoms with Crippen molar-refractivity contribution in [2.45, 2.75) is 13.3 Å². The van der Waals surface area contributed by atoms with Crippen LogP contribution >= 0.6 is 15.9 Å². The first kappa shape index (κ1) is 13.3. The van der Waals surface area contributed by atoms with Crippen LogP contribution in [0.15, 0.2) is 41.4 Å². The van der Waals surface area contributed by atoms with Crippen LogP contribution in [0, 0.1) is 5.41 Å². The van der Waals surface area contributed by atoms with Crippen molar-refractivity contribution in [1.29, 1.82) is 0 Å². The SMILES string of the molecule is C=CC(C)(CO)CCOc1cccc(Br)c1. The molecule has 16 heavy (non-hydrogen) atoms. The quantitative estimate of drug-likeness (QED) is 0.812. The number of rotatable bonds is 6. The van der Waals surface area contributed by atoms with Crippen molar-refractivity contribution in [3.8, 4) is 5.75 Å². The van der Waals surface area contributed by atoms with Crippen LogP contribution in [0.1, 0.15) is 13.3 Å². The molecule has 0 aliphatic rings. The minimum absolute atomic E-state index is 0.0956. The smallest absolute Gasteiger partial charge is 0.120 e. The van der Waals surface area contributed by atoms with Gasteiger partial charge in [0.1, 0.15) is 5.75 Å². The Bertz CT molecular complexity index is 352. The Hall–Kier alpha value is -0.800. The van der Waals surface area contributed by atoms with E-state index in [9.17, 15) is 5.11 Å². The summed E-state index contributed by atoms with van der Waals surface area (Å²) in [6, 6.07) is 7.71. The predicted octanol–water partition coefficient (Wildman–Crippen LogP) is 3.40. The van der Waals surface area contributed by atoms with Gasteiger partial charge < -0.3 is 9.84 Å². The number of ether oxygens (including phenoxy) is 1. The fourth-order valence-electron chi connectivity index (χ4n) is 1.20. The molecule has 0 aromatic heterocycles. The van der Waals surface area contributed by atoms with Gasteiger partial charge in [-0.05, 0) is 24.6 Å². The summed E-state index contributed by atoms with van der Waals surface area (Å²) in [6.07, 6.45) is 2.52. The van der Waals surface area contributed by atoms with Crippen molar-refractivity contribution in [2.24, 2.45) is 5.41 Å². The number of aliphatic hydroxyl groups is 1. The van der Waals surface area contributed by atoms with Gasteiger partial charge >= 0.3 is 0 Å². The maximum Gasteiger partial charge on any atom is 0.120 e. The molecule has 0 bridgehead atoms. The molecule has 1 atom stereocenters. The molecule has 1 unspecified atom stereocenters. The molecule has 1 aromatic rings. The molecule has 0 amide bonds. The standard InChI is InChI=1S/C13H17BrO2/c1-3-13(2,10-15)7-8-16-12-6-4-5-11(14)9-12/h3-6,9,15H,1,7-8,10H2,2H3. The van der Waals surface area contributed by atoms with Crippen molar-refractivity contribution < 1.29 is 9.84 Å². The third-order valence-corrected chi connectivity index (χ3v) is 3.09. The van der Waals surface area contributed by atoms with E-state index >= 15 is 0 Å². The van der Waals surface area contributed by atoms with E-state index in [1.54, 1.807) is 6.08 Å². The van der Waals surface area contributed by atoms with Gasteiger partial charge in [-0.2, -0.15) is 0 Å². The predicted molar refractivity (Wildman–Crippen MR) is 69.6 cm³/mol. The maximum atomic E-state index is 9.19. The minimum Gasteiger partial charge on any atom is -0.494 e.